The molecule has 0 aromatic heterocycles. The van der Waals surface area contributed by atoms with Gasteiger partial charge in [0.1, 0.15) is 5.54 Å². The second kappa shape index (κ2) is 4.44. The van der Waals surface area contributed by atoms with Gasteiger partial charge in [-0.2, -0.15) is 13.2 Å². The molecular weight excluding hydrogens is 243 g/mol. The smallest absolute Gasteiger partial charge is 0.399 e. The lowest BCUT2D eigenvalue weighted by Crippen LogP contribution is -2.56. The highest BCUT2D eigenvalue weighted by molar-refractivity contribution is 5.42. The summed E-state index contributed by atoms with van der Waals surface area (Å²) < 4.78 is 40.1. The molecule has 6 heteroatoms. The SMILES string of the molecule is Nc1ccc(C(N)(C2CCNC2)C(F)(F)F)cc1. The molecule has 1 aromatic rings. The average molecular weight is 259 g/mol. The number of rotatable bonds is 2. The van der Waals surface area contributed by atoms with E-state index < -0.39 is 17.6 Å². The predicted molar refractivity (Wildman–Crippen MR) is 63.8 cm³/mol. The minimum atomic E-state index is -4.49. The Morgan fingerprint density at radius 3 is 2.22 bits per heavy atom. The Bertz CT molecular complexity index is 410. The Hall–Kier alpha value is -1.27. The van der Waals surface area contributed by atoms with Gasteiger partial charge >= 0.3 is 6.18 Å². The standard InChI is InChI=1S/C12H16F3N3/c13-12(14,15)11(17,9-5-6-18-7-9)8-1-3-10(16)4-2-8/h1-4,9,18H,5-7,16-17H2. The molecule has 2 unspecified atom stereocenters. The molecule has 1 saturated heterocycles. The normalized spacial score (nSPS) is 23.9. The first-order valence-corrected chi connectivity index (χ1v) is 5.78. The highest BCUT2D eigenvalue weighted by atomic mass is 19.4. The molecule has 1 aromatic carbocycles. The van der Waals surface area contributed by atoms with Crippen LogP contribution in [0.15, 0.2) is 24.3 Å². The molecule has 0 bridgehead atoms. The van der Waals surface area contributed by atoms with Crippen molar-refractivity contribution < 1.29 is 13.2 Å². The highest BCUT2D eigenvalue weighted by Gasteiger charge is 2.58. The fraction of sp³-hybridized carbons (Fsp3) is 0.500. The van der Waals surface area contributed by atoms with Gasteiger partial charge in [0.15, 0.2) is 0 Å². The zero-order chi connectivity index (χ0) is 13.4. The molecule has 3 nitrogen and oxygen atoms in total. The number of hydrogen-bond donors (Lipinski definition) is 3. The molecule has 1 aliphatic rings. The predicted octanol–water partition coefficient (Wildman–Crippen LogP) is 1.59. The summed E-state index contributed by atoms with van der Waals surface area (Å²) in [5.41, 5.74) is 9.42. The number of nitrogens with one attached hydrogen (secondary N) is 1. The van der Waals surface area contributed by atoms with Crippen LogP contribution in [0.5, 0.6) is 0 Å². The van der Waals surface area contributed by atoms with E-state index in [0.29, 0.717) is 18.7 Å². The number of halogens is 3. The molecular formula is C12H16F3N3. The molecule has 0 saturated carbocycles. The summed E-state index contributed by atoms with van der Waals surface area (Å²) >= 11 is 0. The molecule has 18 heavy (non-hydrogen) atoms. The van der Waals surface area contributed by atoms with E-state index in [4.69, 9.17) is 11.5 Å². The maximum atomic E-state index is 13.4. The number of hydrogen-bond acceptors (Lipinski definition) is 3. The fourth-order valence-electron chi connectivity index (χ4n) is 2.43. The van der Waals surface area contributed by atoms with Gasteiger partial charge in [0.2, 0.25) is 0 Å². The van der Waals surface area contributed by atoms with E-state index in [1.54, 1.807) is 0 Å². The second-order valence-corrected chi connectivity index (χ2v) is 4.68. The van der Waals surface area contributed by atoms with Crippen LogP contribution >= 0.6 is 0 Å². The van der Waals surface area contributed by atoms with E-state index in [9.17, 15) is 13.2 Å². The van der Waals surface area contributed by atoms with Crippen LogP contribution in [0.1, 0.15) is 12.0 Å². The molecule has 0 spiro atoms. The third-order valence-electron chi connectivity index (χ3n) is 3.56. The summed E-state index contributed by atoms with van der Waals surface area (Å²) in [5.74, 6) is -0.652. The van der Waals surface area contributed by atoms with Gasteiger partial charge in [-0.15, -0.1) is 0 Å². The maximum absolute atomic E-state index is 13.4. The molecule has 1 fully saturated rings. The van der Waals surface area contributed by atoms with Gasteiger partial charge < -0.3 is 16.8 Å². The first-order chi connectivity index (χ1) is 8.35. The lowest BCUT2D eigenvalue weighted by atomic mass is 9.77. The van der Waals surface area contributed by atoms with Crippen LogP contribution in [0.3, 0.4) is 0 Å². The van der Waals surface area contributed by atoms with Crippen LogP contribution in [0.2, 0.25) is 0 Å². The van der Waals surface area contributed by atoms with Crippen molar-refractivity contribution in [3.63, 3.8) is 0 Å². The molecule has 1 aliphatic heterocycles. The molecule has 5 N–H and O–H groups in total. The highest BCUT2D eigenvalue weighted by Crippen LogP contribution is 2.44. The van der Waals surface area contributed by atoms with E-state index in [-0.39, 0.29) is 12.1 Å². The van der Waals surface area contributed by atoms with E-state index in [1.807, 2.05) is 0 Å². The number of nitrogens with two attached hydrogens (primary N) is 2. The third-order valence-corrected chi connectivity index (χ3v) is 3.56. The first-order valence-electron chi connectivity index (χ1n) is 5.78. The fourth-order valence-corrected chi connectivity index (χ4v) is 2.43. The zero-order valence-electron chi connectivity index (χ0n) is 9.80. The topological polar surface area (TPSA) is 64.1 Å². The number of alkyl halides is 3. The van der Waals surface area contributed by atoms with Crippen LogP contribution in [-0.4, -0.2) is 19.3 Å². The van der Waals surface area contributed by atoms with Crippen molar-refractivity contribution in [3.05, 3.63) is 29.8 Å². The van der Waals surface area contributed by atoms with E-state index in [2.05, 4.69) is 5.32 Å². The zero-order valence-corrected chi connectivity index (χ0v) is 9.80. The quantitative estimate of drug-likeness (QED) is 0.707. The summed E-state index contributed by atoms with van der Waals surface area (Å²) in [5, 5.41) is 2.93. The summed E-state index contributed by atoms with van der Waals surface area (Å²) in [6.07, 6.45) is -4.07. The third kappa shape index (κ3) is 2.06. The van der Waals surface area contributed by atoms with Gasteiger partial charge in [0, 0.05) is 18.2 Å². The van der Waals surface area contributed by atoms with Gasteiger partial charge in [-0.3, -0.25) is 0 Å². The van der Waals surface area contributed by atoms with Crippen molar-refractivity contribution in [3.8, 4) is 0 Å². The minimum absolute atomic E-state index is 0.0675. The van der Waals surface area contributed by atoms with Gasteiger partial charge in [-0.25, -0.2) is 0 Å². The van der Waals surface area contributed by atoms with Crippen LogP contribution < -0.4 is 16.8 Å². The Morgan fingerprint density at radius 1 is 1.17 bits per heavy atom. The van der Waals surface area contributed by atoms with E-state index in [1.165, 1.54) is 24.3 Å². The van der Waals surface area contributed by atoms with Gasteiger partial charge in [-0.05, 0) is 30.7 Å². The van der Waals surface area contributed by atoms with Crippen LogP contribution in [0.4, 0.5) is 18.9 Å². The molecule has 0 radical (unpaired) electrons. The Labute approximate surface area is 103 Å². The van der Waals surface area contributed by atoms with Gasteiger partial charge in [0.05, 0.1) is 0 Å². The van der Waals surface area contributed by atoms with Crippen molar-refractivity contribution in [2.24, 2.45) is 11.7 Å². The van der Waals surface area contributed by atoms with E-state index in [0.717, 1.165) is 0 Å². The van der Waals surface area contributed by atoms with Crippen molar-refractivity contribution in [1.82, 2.24) is 5.32 Å². The summed E-state index contributed by atoms with van der Waals surface area (Å²) in [7, 11) is 0. The molecule has 1 heterocycles. The molecule has 0 aliphatic carbocycles. The lowest BCUT2D eigenvalue weighted by Gasteiger charge is -2.37. The first kappa shape index (κ1) is 13.2. The maximum Gasteiger partial charge on any atom is 0.410 e. The van der Waals surface area contributed by atoms with Crippen LogP contribution in [-0.2, 0) is 5.54 Å². The van der Waals surface area contributed by atoms with Gasteiger partial charge in [-0.1, -0.05) is 12.1 Å². The van der Waals surface area contributed by atoms with Crippen LogP contribution in [0, 0.1) is 5.92 Å². The largest absolute Gasteiger partial charge is 0.410 e. The Balaban J connectivity index is 2.44. The summed E-state index contributed by atoms with van der Waals surface area (Å²) in [4.78, 5) is 0. The second-order valence-electron chi connectivity index (χ2n) is 4.68. The number of benzene rings is 1. The lowest BCUT2D eigenvalue weighted by molar-refractivity contribution is -0.203. The number of nitrogen functional groups attached to an aromatic ring is 1. The number of anilines is 1. The van der Waals surface area contributed by atoms with E-state index >= 15 is 0 Å². The average Bonchev–Trinajstić information content (AvgIpc) is 2.81. The monoisotopic (exact) mass is 259 g/mol. The van der Waals surface area contributed by atoms with Gasteiger partial charge in [0.25, 0.3) is 0 Å². The van der Waals surface area contributed by atoms with Crippen molar-refractivity contribution in [1.29, 1.82) is 0 Å². The Kier molecular flexibility index (Phi) is 3.25. The van der Waals surface area contributed by atoms with Crippen LogP contribution in [0.25, 0.3) is 0 Å². The molecule has 2 rings (SSSR count). The molecule has 0 amide bonds. The molecule has 100 valence electrons. The summed E-state index contributed by atoms with van der Waals surface area (Å²) in [6.45, 7) is 0.842. The minimum Gasteiger partial charge on any atom is -0.399 e. The van der Waals surface area contributed by atoms with Crippen molar-refractivity contribution in [2.45, 2.75) is 18.1 Å². The van der Waals surface area contributed by atoms with Crippen molar-refractivity contribution >= 4 is 5.69 Å². The Morgan fingerprint density at radius 2 is 1.78 bits per heavy atom. The molecule has 2 atom stereocenters. The summed E-state index contributed by atoms with van der Waals surface area (Å²) in [6, 6.07) is 5.62. The van der Waals surface area contributed by atoms with Crippen molar-refractivity contribution in [2.75, 3.05) is 18.8 Å².